The molecule has 1 aliphatic heterocycles. The predicted octanol–water partition coefficient (Wildman–Crippen LogP) is 0.521. The molecule has 1 heterocycles. The number of Topliss-reactive ketones (excluding diaryl/α,β-unsaturated/α-hetero) is 1. The van der Waals surface area contributed by atoms with Gasteiger partial charge in [-0.1, -0.05) is 0 Å². The number of piperidine rings is 1. The summed E-state index contributed by atoms with van der Waals surface area (Å²) in [7, 11) is 0. The first-order chi connectivity index (χ1) is 7.63. The Morgan fingerprint density at radius 1 is 1.38 bits per heavy atom. The van der Waals surface area contributed by atoms with E-state index >= 15 is 0 Å². The lowest BCUT2D eigenvalue weighted by Gasteiger charge is -2.25. The Hall–Kier alpha value is -1.39. The molecule has 0 bridgehead atoms. The minimum atomic E-state index is -0.517. The van der Waals surface area contributed by atoms with Crippen molar-refractivity contribution in [1.82, 2.24) is 4.90 Å². The van der Waals surface area contributed by atoms with Crippen LogP contribution in [0.25, 0.3) is 0 Å². The van der Waals surface area contributed by atoms with Crippen molar-refractivity contribution < 1.29 is 19.1 Å². The molecule has 0 aromatic rings. The Kier molecular flexibility index (Phi) is 4.95. The van der Waals surface area contributed by atoms with Gasteiger partial charge in [-0.25, -0.2) is 0 Å². The van der Waals surface area contributed by atoms with Crippen molar-refractivity contribution in [2.24, 2.45) is 0 Å². The summed E-state index contributed by atoms with van der Waals surface area (Å²) >= 11 is 0. The van der Waals surface area contributed by atoms with Crippen LogP contribution in [0.5, 0.6) is 0 Å². The SMILES string of the molecule is CCOC(=O)CC(=O)CN1CCCCC1=O. The zero-order chi connectivity index (χ0) is 12.0. The summed E-state index contributed by atoms with van der Waals surface area (Å²) in [6.45, 7) is 2.62. The molecule has 1 fully saturated rings. The molecular weight excluding hydrogens is 210 g/mol. The van der Waals surface area contributed by atoms with Crippen molar-refractivity contribution in [3.8, 4) is 0 Å². The first-order valence-electron chi connectivity index (χ1n) is 5.58. The fraction of sp³-hybridized carbons (Fsp3) is 0.727. The molecule has 1 aliphatic rings. The van der Waals surface area contributed by atoms with Gasteiger partial charge in [-0.05, 0) is 19.8 Å². The Balaban J connectivity index is 2.32. The summed E-state index contributed by atoms with van der Waals surface area (Å²) in [6, 6.07) is 0. The molecule has 1 rings (SSSR count). The smallest absolute Gasteiger partial charge is 0.313 e. The van der Waals surface area contributed by atoms with Gasteiger partial charge in [-0.15, -0.1) is 0 Å². The van der Waals surface area contributed by atoms with Gasteiger partial charge in [-0.3, -0.25) is 14.4 Å². The summed E-state index contributed by atoms with van der Waals surface area (Å²) in [5.41, 5.74) is 0. The number of esters is 1. The molecular formula is C11H17NO4. The third-order valence-corrected chi connectivity index (χ3v) is 2.44. The second-order valence-electron chi connectivity index (χ2n) is 3.79. The van der Waals surface area contributed by atoms with Gasteiger partial charge >= 0.3 is 5.97 Å². The highest BCUT2D eigenvalue weighted by Crippen LogP contribution is 2.10. The van der Waals surface area contributed by atoms with Gasteiger partial charge in [0.05, 0.1) is 13.2 Å². The van der Waals surface area contributed by atoms with Gasteiger partial charge in [0.1, 0.15) is 6.42 Å². The number of ketones is 1. The Bertz CT molecular complexity index is 288. The number of likely N-dealkylation sites (tertiary alicyclic amines) is 1. The molecule has 0 atom stereocenters. The fourth-order valence-corrected chi connectivity index (χ4v) is 1.67. The number of hydrogen-bond donors (Lipinski definition) is 0. The minimum Gasteiger partial charge on any atom is -0.466 e. The molecule has 16 heavy (non-hydrogen) atoms. The van der Waals surface area contributed by atoms with E-state index < -0.39 is 5.97 Å². The molecule has 0 aliphatic carbocycles. The number of ether oxygens (including phenoxy) is 1. The fourth-order valence-electron chi connectivity index (χ4n) is 1.67. The van der Waals surface area contributed by atoms with Crippen LogP contribution in [0.3, 0.4) is 0 Å². The maximum atomic E-state index is 11.4. The molecule has 0 spiro atoms. The standard InChI is InChI=1S/C11H17NO4/c1-2-16-11(15)7-9(13)8-12-6-4-3-5-10(12)14/h2-8H2,1H3. The highest BCUT2D eigenvalue weighted by molar-refractivity contribution is 5.98. The van der Waals surface area contributed by atoms with Crippen LogP contribution in [0.4, 0.5) is 0 Å². The summed E-state index contributed by atoms with van der Waals surface area (Å²) in [5.74, 6) is -0.769. The lowest BCUT2D eigenvalue weighted by atomic mass is 10.1. The number of carbonyl (C=O) groups excluding carboxylic acids is 3. The monoisotopic (exact) mass is 227 g/mol. The highest BCUT2D eigenvalue weighted by atomic mass is 16.5. The molecule has 0 N–H and O–H groups in total. The number of carbonyl (C=O) groups is 3. The van der Waals surface area contributed by atoms with Crippen molar-refractivity contribution in [3.05, 3.63) is 0 Å². The van der Waals surface area contributed by atoms with Crippen molar-refractivity contribution in [2.45, 2.75) is 32.6 Å². The van der Waals surface area contributed by atoms with Gasteiger partial charge in [0.15, 0.2) is 5.78 Å². The Labute approximate surface area is 94.7 Å². The van der Waals surface area contributed by atoms with Crippen LogP contribution in [-0.2, 0) is 19.1 Å². The van der Waals surface area contributed by atoms with Crippen LogP contribution in [0.1, 0.15) is 32.6 Å². The zero-order valence-corrected chi connectivity index (χ0v) is 9.53. The summed E-state index contributed by atoms with van der Waals surface area (Å²) in [5, 5.41) is 0. The van der Waals surface area contributed by atoms with Crippen molar-refractivity contribution in [1.29, 1.82) is 0 Å². The summed E-state index contributed by atoms with van der Waals surface area (Å²) in [6.07, 6.45) is 2.09. The van der Waals surface area contributed by atoms with Crippen molar-refractivity contribution in [2.75, 3.05) is 19.7 Å². The maximum absolute atomic E-state index is 11.4. The molecule has 5 nitrogen and oxygen atoms in total. The predicted molar refractivity (Wildman–Crippen MR) is 56.7 cm³/mol. The topological polar surface area (TPSA) is 63.7 Å². The summed E-state index contributed by atoms with van der Waals surface area (Å²) < 4.78 is 4.67. The van der Waals surface area contributed by atoms with E-state index in [1.165, 1.54) is 4.90 Å². The molecule has 0 saturated carbocycles. The molecule has 0 radical (unpaired) electrons. The lowest BCUT2D eigenvalue weighted by Crippen LogP contribution is -2.39. The lowest BCUT2D eigenvalue weighted by molar-refractivity contribution is -0.147. The normalized spacial score (nSPS) is 16.1. The van der Waals surface area contributed by atoms with Gasteiger partial charge in [0.25, 0.3) is 0 Å². The first-order valence-corrected chi connectivity index (χ1v) is 5.58. The minimum absolute atomic E-state index is 0.00320. The van der Waals surface area contributed by atoms with E-state index in [2.05, 4.69) is 4.74 Å². The number of amides is 1. The second-order valence-corrected chi connectivity index (χ2v) is 3.79. The molecule has 0 aromatic carbocycles. The largest absolute Gasteiger partial charge is 0.466 e. The maximum Gasteiger partial charge on any atom is 0.313 e. The number of hydrogen-bond acceptors (Lipinski definition) is 4. The molecule has 0 aromatic heterocycles. The number of nitrogens with zero attached hydrogens (tertiary/aromatic N) is 1. The molecule has 0 unspecified atom stereocenters. The van der Waals surface area contributed by atoms with Crippen LogP contribution in [0.2, 0.25) is 0 Å². The molecule has 90 valence electrons. The van der Waals surface area contributed by atoms with Crippen LogP contribution < -0.4 is 0 Å². The van der Waals surface area contributed by atoms with E-state index in [-0.39, 0.29) is 31.3 Å². The Morgan fingerprint density at radius 3 is 2.75 bits per heavy atom. The third kappa shape index (κ3) is 4.00. The van der Waals surface area contributed by atoms with Crippen LogP contribution in [-0.4, -0.2) is 42.3 Å². The van der Waals surface area contributed by atoms with E-state index in [0.29, 0.717) is 13.0 Å². The average Bonchev–Trinajstić information content (AvgIpc) is 2.21. The first kappa shape index (κ1) is 12.7. The van der Waals surface area contributed by atoms with Gasteiger partial charge in [0.2, 0.25) is 5.91 Å². The van der Waals surface area contributed by atoms with E-state index in [1.54, 1.807) is 6.92 Å². The van der Waals surface area contributed by atoms with Gasteiger partial charge < -0.3 is 9.64 Å². The molecule has 1 saturated heterocycles. The van der Waals surface area contributed by atoms with Crippen LogP contribution >= 0.6 is 0 Å². The van der Waals surface area contributed by atoms with E-state index in [9.17, 15) is 14.4 Å². The molecule has 5 heteroatoms. The summed E-state index contributed by atoms with van der Waals surface area (Å²) in [4.78, 5) is 35.4. The van der Waals surface area contributed by atoms with E-state index in [1.807, 2.05) is 0 Å². The zero-order valence-electron chi connectivity index (χ0n) is 9.53. The third-order valence-electron chi connectivity index (χ3n) is 2.44. The highest BCUT2D eigenvalue weighted by Gasteiger charge is 2.21. The number of rotatable bonds is 5. The Morgan fingerprint density at radius 2 is 2.12 bits per heavy atom. The van der Waals surface area contributed by atoms with Crippen LogP contribution in [0, 0.1) is 0 Å². The van der Waals surface area contributed by atoms with Crippen LogP contribution in [0.15, 0.2) is 0 Å². The van der Waals surface area contributed by atoms with E-state index in [0.717, 1.165) is 12.8 Å². The van der Waals surface area contributed by atoms with Gasteiger partial charge in [-0.2, -0.15) is 0 Å². The van der Waals surface area contributed by atoms with Crippen molar-refractivity contribution >= 4 is 17.7 Å². The van der Waals surface area contributed by atoms with Crippen molar-refractivity contribution in [3.63, 3.8) is 0 Å². The van der Waals surface area contributed by atoms with E-state index in [4.69, 9.17) is 0 Å². The second kappa shape index (κ2) is 6.25. The average molecular weight is 227 g/mol. The quantitative estimate of drug-likeness (QED) is 0.507. The van der Waals surface area contributed by atoms with Gasteiger partial charge in [0, 0.05) is 13.0 Å². The molecule has 1 amide bonds.